The molecule has 0 amide bonds. The van der Waals surface area contributed by atoms with Crippen molar-refractivity contribution in [1.82, 2.24) is 9.55 Å². The summed E-state index contributed by atoms with van der Waals surface area (Å²) in [6.45, 7) is 4.05. The molecule has 1 aromatic carbocycles. The lowest BCUT2D eigenvalue weighted by atomic mass is 10.1. The summed E-state index contributed by atoms with van der Waals surface area (Å²) < 4.78 is 13.2. The van der Waals surface area contributed by atoms with Crippen LogP contribution in [0.2, 0.25) is 0 Å². The van der Waals surface area contributed by atoms with Crippen molar-refractivity contribution in [2.75, 3.05) is 14.2 Å². The predicted octanol–water partition coefficient (Wildman–Crippen LogP) is 3.32. The molecule has 0 spiro atoms. The summed E-state index contributed by atoms with van der Waals surface area (Å²) in [6, 6.07) is 7.95. The second-order valence-corrected chi connectivity index (χ2v) is 5.50. The quantitative estimate of drug-likeness (QED) is 0.631. The van der Waals surface area contributed by atoms with E-state index in [2.05, 4.69) is 4.99 Å². The third kappa shape index (κ3) is 2.39. The van der Waals surface area contributed by atoms with Gasteiger partial charge >= 0.3 is 0 Å². The largest absolute Gasteiger partial charge is 0.481 e. The van der Waals surface area contributed by atoms with Crippen LogP contribution in [0.5, 0.6) is 5.75 Å². The van der Waals surface area contributed by atoms with Crippen molar-refractivity contribution in [3.63, 3.8) is 0 Å². The third-order valence-corrected chi connectivity index (χ3v) is 3.62. The Hall–Kier alpha value is -2.56. The van der Waals surface area contributed by atoms with E-state index in [1.165, 1.54) is 0 Å². The van der Waals surface area contributed by atoms with Gasteiger partial charge in [-0.3, -0.25) is 9.56 Å². The molecule has 0 saturated heterocycles. The Labute approximate surface area is 129 Å². The Morgan fingerprint density at radius 1 is 1.36 bits per heavy atom. The van der Waals surface area contributed by atoms with Gasteiger partial charge in [-0.1, -0.05) is 12.1 Å². The number of hydrogen-bond donors (Lipinski definition) is 0. The molecule has 3 rings (SSSR count). The number of aromatic nitrogens is 2. The van der Waals surface area contributed by atoms with E-state index in [0.717, 1.165) is 22.8 Å². The number of fused-ring (bicyclic) bond motifs is 3. The molecule has 0 unspecified atom stereocenters. The molecule has 1 aliphatic heterocycles. The first-order chi connectivity index (χ1) is 10.5. The molecule has 2 aromatic rings. The van der Waals surface area contributed by atoms with Crippen LogP contribution in [0.25, 0.3) is 17.5 Å². The van der Waals surface area contributed by atoms with Gasteiger partial charge in [0.2, 0.25) is 5.90 Å². The van der Waals surface area contributed by atoms with Crippen molar-refractivity contribution in [2.45, 2.75) is 19.6 Å². The van der Waals surface area contributed by atoms with E-state index in [0.29, 0.717) is 5.90 Å². The fourth-order valence-electron chi connectivity index (χ4n) is 2.53. The van der Waals surface area contributed by atoms with Crippen molar-refractivity contribution in [3.05, 3.63) is 42.2 Å². The minimum Gasteiger partial charge on any atom is -0.481 e. The minimum atomic E-state index is -0.480. The molecule has 22 heavy (non-hydrogen) atoms. The summed E-state index contributed by atoms with van der Waals surface area (Å²) in [7, 11) is 3.28. The molecule has 2 heterocycles. The monoisotopic (exact) mass is 297 g/mol. The molecule has 0 atom stereocenters. The number of benzene rings is 1. The van der Waals surface area contributed by atoms with Crippen LogP contribution in [0.3, 0.4) is 0 Å². The van der Waals surface area contributed by atoms with Crippen LogP contribution >= 0.6 is 0 Å². The zero-order valence-electron chi connectivity index (χ0n) is 13.2. The first-order valence-electron chi connectivity index (χ1n) is 7.12. The zero-order valence-corrected chi connectivity index (χ0v) is 13.2. The minimum absolute atomic E-state index is 0.480. The molecule has 5 nitrogen and oxygen atoms in total. The van der Waals surface area contributed by atoms with Gasteiger partial charge in [-0.2, -0.15) is 0 Å². The van der Waals surface area contributed by atoms with Crippen LogP contribution in [0.15, 0.2) is 41.5 Å². The van der Waals surface area contributed by atoms with Gasteiger partial charge in [0.15, 0.2) is 5.72 Å². The number of aliphatic imine (C=N–C) groups is 1. The number of ether oxygens (including phenoxy) is 2. The van der Waals surface area contributed by atoms with E-state index in [4.69, 9.17) is 14.5 Å². The summed E-state index contributed by atoms with van der Waals surface area (Å²) in [5, 5.41) is 0. The Morgan fingerprint density at radius 3 is 2.86 bits per heavy atom. The molecule has 0 radical (unpaired) electrons. The van der Waals surface area contributed by atoms with Gasteiger partial charge in [-0.15, -0.1) is 0 Å². The lowest BCUT2D eigenvalue weighted by Gasteiger charge is -2.34. The highest BCUT2D eigenvalue weighted by atomic mass is 16.5. The fraction of sp³-hybridized carbons (Fsp3) is 0.294. The maximum absolute atomic E-state index is 6.08. The fourth-order valence-corrected chi connectivity index (χ4v) is 2.53. The van der Waals surface area contributed by atoms with Gasteiger partial charge in [0, 0.05) is 19.3 Å². The average Bonchev–Trinajstić information content (AvgIpc) is 2.93. The van der Waals surface area contributed by atoms with Gasteiger partial charge in [-0.05, 0) is 32.1 Å². The smallest absolute Gasteiger partial charge is 0.208 e. The summed E-state index contributed by atoms with van der Waals surface area (Å²) >= 11 is 0. The molecule has 0 fully saturated rings. The van der Waals surface area contributed by atoms with Crippen molar-refractivity contribution in [3.8, 4) is 17.1 Å². The summed E-state index contributed by atoms with van der Waals surface area (Å²) in [5.41, 5.74) is 1.35. The predicted molar refractivity (Wildman–Crippen MR) is 87.0 cm³/mol. The Bertz CT molecular complexity index is 757. The average molecular weight is 297 g/mol. The van der Waals surface area contributed by atoms with Gasteiger partial charge in [-0.25, -0.2) is 4.98 Å². The SMILES string of the molecule is CN=C(/C=C\c1cn2c(n1)-c1ccccc1OC2(C)C)OC. The third-order valence-electron chi connectivity index (χ3n) is 3.62. The van der Waals surface area contributed by atoms with Crippen LogP contribution in [0.1, 0.15) is 19.5 Å². The lowest BCUT2D eigenvalue weighted by molar-refractivity contribution is 0.0264. The molecule has 0 saturated carbocycles. The van der Waals surface area contributed by atoms with Crippen LogP contribution in [0.4, 0.5) is 0 Å². The van der Waals surface area contributed by atoms with Gasteiger partial charge < -0.3 is 9.47 Å². The van der Waals surface area contributed by atoms with Gasteiger partial charge in [0.05, 0.1) is 18.4 Å². The van der Waals surface area contributed by atoms with E-state index >= 15 is 0 Å². The number of rotatable bonds is 2. The second-order valence-electron chi connectivity index (χ2n) is 5.50. The molecule has 0 N–H and O–H groups in total. The van der Waals surface area contributed by atoms with E-state index < -0.39 is 5.72 Å². The maximum atomic E-state index is 6.08. The molecular weight excluding hydrogens is 278 g/mol. The van der Waals surface area contributed by atoms with E-state index in [1.54, 1.807) is 20.2 Å². The highest BCUT2D eigenvalue weighted by Gasteiger charge is 2.32. The van der Waals surface area contributed by atoms with Crippen LogP contribution in [-0.4, -0.2) is 29.6 Å². The number of nitrogens with zero attached hydrogens (tertiary/aromatic N) is 3. The number of methoxy groups -OCH3 is 1. The van der Waals surface area contributed by atoms with Crippen LogP contribution < -0.4 is 4.74 Å². The highest BCUT2D eigenvalue weighted by molar-refractivity contribution is 5.91. The normalized spacial score (nSPS) is 16.1. The van der Waals surface area contributed by atoms with Crippen molar-refractivity contribution >= 4 is 12.0 Å². The second kappa shape index (κ2) is 5.33. The standard InChI is InChI=1S/C17H19N3O2/c1-17(2)20-11-12(9-10-15(18-3)21-4)19-16(20)13-7-5-6-8-14(13)22-17/h5-11H,1-4H3/b10-9-,18-15?. The first-order valence-corrected chi connectivity index (χ1v) is 7.12. The van der Waals surface area contributed by atoms with Gasteiger partial charge in [0.25, 0.3) is 0 Å². The van der Waals surface area contributed by atoms with Crippen molar-refractivity contribution in [2.24, 2.45) is 4.99 Å². The number of para-hydroxylation sites is 1. The lowest BCUT2D eigenvalue weighted by Crippen LogP contribution is -2.35. The van der Waals surface area contributed by atoms with Gasteiger partial charge in [0.1, 0.15) is 11.6 Å². The van der Waals surface area contributed by atoms with Crippen LogP contribution in [0, 0.1) is 0 Å². The maximum Gasteiger partial charge on any atom is 0.208 e. The number of imidazole rings is 1. The molecule has 0 bridgehead atoms. The summed E-state index contributed by atoms with van der Waals surface area (Å²) in [4.78, 5) is 8.73. The van der Waals surface area contributed by atoms with Crippen LogP contribution in [-0.2, 0) is 10.5 Å². The van der Waals surface area contributed by atoms with Crippen molar-refractivity contribution in [1.29, 1.82) is 0 Å². The van der Waals surface area contributed by atoms with E-state index in [1.807, 2.05) is 55.0 Å². The molecule has 114 valence electrons. The first kappa shape index (κ1) is 14.4. The number of hydrogen-bond acceptors (Lipinski definition) is 4. The summed E-state index contributed by atoms with van der Waals surface area (Å²) in [5.74, 6) is 2.31. The zero-order chi connectivity index (χ0) is 15.7. The van der Waals surface area contributed by atoms with E-state index in [-0.39, 0.29) is 0 Å². The molecule has 1 aliphatic rings. The van der Waals surface area contributed by atoms with E-state index in [9.17, 15) is 0 Å². The topological polar surface area (TPSA) is 48.6 Å². The Morgan fingerprint density at radius 2 is 2.14 bits per heavy atom. The Balaban J connectivity index is 2.06. The summed E-state index contributed by atoms with van der Waals surface area (Å²) in [6.07, 6.45) is 5.66. The highest BCUT2D eigenvalue weighted by Crippen LogP contribution is 2.39. The van der Waals surface area contributed by atoms with Crippen molar-refractivity contribution < 1.29 is 9.47 Å². The molecule has 0 aliphatic carbocycles. The molecule has 1 aromatic heterocycles. The molecular formula is C17H19N3O2. The Kier molecular flexibility index (Phi) is 3.48. The molecule has 5 heteroatoms.